The molecule has 0 aliphatic heterocycles. The topological polar surface area (TPSA) is 74.8 Å². The van der Waals surface area contributed by atoms with Crippen molar-refractivity contribution in [3.63, 3.8) is 0 Å². The number of H-pyrrole nitrogens is 1. The van der Waals surface area contributed by atoms with E-state index < -0.39 is 10.0 Å². The lowest BCUT2D eigenvalue weighted by atomic mass is 10.0. The van der Waals surface area contributed by atoms with E-state index in [0.29, 0.717) is 6.54 Å². The van der Waals surface area contributed by atoms with Crippen LogP contribution in [0.4, 0.5) is 0 Å². The van der Waals surface area contributed by atoms with Crippen molar-refractivity contribution in [2.75, 3.05) is 12.3 Å². The van der Waals surface area contributed by atoms with Gasteiger partial charge in [0.05, 0.1) is 5.75 Å². The van der Waals surface area contributed by atoms with Crippen LogP contribution in [-0.4, -0.2) is 30.7 Å². The molecule has 6 heteroatoms. The molecule has 2 aromatic rings. The molecule has 1 atom stereocenters. The summed E-state index contributed by atoms with van der Waals surface area (Å²) in [5.74, 6) is 0.971. The summed E-state index contributed by atoms with van der Waals surface area (Å²) >= 11 is 0. The quantitative estimate of drug-likeness (QED) is 0.733. The van der Waals surface area contributed by atoms with Crippen LogP contribution in [0.25, 0.3) is 0 Å². The van der Waals surface area contributed by atoms with Crippen molar-refractivity contribution >= 4 is 10.0 Å². The number of sulfonamides is 1. The molecular formula is C15H21N3O2S. The van der Waals surface area contributed by atoms with Gasteiger partial charge in [0.1, 0.15) is 5.82 Å². The Morgan fingerprint density at radius 2 is 2.05 bits per heavy atom. The fraction of sp³-hybridized carbons (Fsp3) is 0.400. The Labute approximate surface area is 125 Å². The third-order valence-electron chi connectivity index (χ3n) is 3.31. The molecule has 0 radical (unpaired) electrons. The second-order valence-electron chi connectivity index (χ2n) is 5.13. The summed E-state index contributed by atoms with van der Waals surface area (Å²) in [6.45, 7) is 2.36. The number of nitrogens with zero attached hydrogens (tertiary/aromatic N) is 1. The van der Waals surface area contributed by atoms with Gasteiger partial charge in [0.25, 0.3) is 0 Å². The van der Waals surface area contributed by atoms with Gasteiger partial charge in [-0.15, -0.1) is 0 Å². The van der Waals surface area contributed by atoms with E-state index in [-0.39, 0.29) is 11.7 Å². The molecule has 21 heavy (non-hydrogen) atoms. The average molecular weight is 307 g/mol. The normalized spacial score (nSPS) is 13.2. The van der Waals surface area contributed by atoms with Gasteiger partial charge >= 0.3 is 0 Å². The highest BCUT2D eigenvalue weighted by atomic mass is 32.2. The summed E-state index contributed by atoms with van der Waals surface area (Å²) in [6, 6.07) is 9.69. The van der Waals surface area contributed by atoms with E-state index in [9.17, 15) is 8.42 Å². The van der Waals surface area contributed by atoms with E-state index >= 15 is 0 Å². The lowest BCUT2D eigenvalue weighted by molar-refractivity contribution is 0.573. The Morgan fingerprint density at radius 3 is 2.71 bits per heavy atom. The molecule has 1 unspecified atom stereocenters. The monoisotopic (exact) mass is 307 g/mol. The molecule has 0 amide bonds. The zero-order valence-electron chi connectivity index (χ0n) is 12.1. The molecule has 0 bridgehead atoms. The van der Waals surface area contributed by atoms with Gasteiger partial charge in [-0.1, -0.05) is 37.3 Å². The maximum atomic E-state index is 12.0. The second-order valence-corrected chi connectivity index (χ2v) is 6.98. The molecule has 0 aliphatic carbocycles. The van der Waals surface area contributed by atoms with Crippen molar-refractivity contribution in [1.82, 2.24) is 14.7 Å². The molecule has 114 valence electrons. The number of nitrogens with one attached hydrogen (secondary N) is 2. The van der Waals surface area contributed by atoms with Crippen LogP contribution in [0.3, 0.4) is 0 Å². The maximum Gasteiger partial charge on any atom is 0.212 e. The van der Waals surface area contributed by atoms with Crippen LogP contribution >= 0.6 is 0 Å². The number of rotatable bonds is 8. The zero-order valence-corrected chi connectivity index (χ0v) is 12.9. The molecule has 1 aromatic carbocycles. The largest absolute Gasteiger partial charge is 0.349 e. The molecule has 1 aromatic heterocycles. The van der Waals surface area contributed by atoms with Crippen molar-refractivity contribution in [2.45, 2.75) is 25.7 Å². The van der Waals surface area contributed by atoms with Gasteiger partial charge < -0.3 is 4.98 Å². The Kier molecular flexibility index (Phi) is 5.52. The molecule has 0 spiro atoms. The van der Waals surface area contributed by atoms with E-state index in [4.69, 9.17) is 0 Å². The van der Waals surface area contributed by atoms with Crippen LogP contribution in [-0.2, 0) is 16.4 Å². The summed E-state index contributed by atoms with van der Waals surface area (Å²) < 4.78 is 26.7. The van der Waals surface area contributed by atoms with Gasteiger partial charge in [0, 0.05) is 25.4 Å². The maximum absolute atomic E-state index is 12.0. The van der Waals surface area contributed by atoms with Gasteiger partial charge in [0.15, 0.2) is 0 Å². The van der Waals surface area contributed by atoms with E-state index in [1.807, 2.05) is 37.3 Å². The first-order valence-corrected chi connectivity index (χ1v) is 8.72. The van der Waals surface area contributed by atoms with Crippen LogP contribution in [0.15, 0.2) is 42.7 Å². The summed E-state index contributed by atoms with van der Waals surface area (Å²) in [4.78, 5) is 7.11. The zero-order chi connectivity index (χ0) is 15.1. The summed E-state index contributed by atoms with van der Waals surface area (Å²) in [5, 5.41) is 0. The molecule has 2 N–H and O–H groups in total. The van der Waals surface area contributed by atoms with Gasteiger partial charge in [-0.3, -0.25) is 0 Å². The van der Waals surface area contributed by atoms with Crippen LogP contribution in [0.1, 0.15) is 30.7 Å². The van der Waals surface area contributed by atoms with Crippen molar-refractivity contribution < 1.29 is 8.42 Å². The Morgan fingerprint density at radius 1 is 1.29 bits per heavy atom. The molecule has 0 saturated heterocycles. The molecular weight excluding hydrogens is 286 g/mol. The highest BCUT2D eigenvalue weighted by Gasteiger charge is 2.16. The molecule has 0 fully saturated rings. The van der Waals surface area contributed by atoms with Crippen LogP contribution < -0.4 is 4.72 Å². The lowest BCUT2D eigenvalue weighted by Crippen LogP contribution is -2.29. The number of hydrogen-bond donors (Lipinski definition) is 2. The van der Waals surface area contributed by atoms with E-state index in [1.54, 1.807) is 12.4 Å². The second kappa shape index (κ2) is 7.38. The van der Waals surface area contributed by atoms with Gasteiger partial charge in [-0.05, 0) is 17.9 Å². The van der Waals surface area contributed by atoms with Crippen LogP contribution in [0.2, 0.25) is 0 Å². The van der Waals surface area contributed by atoms with Crippen molar-refractivity contribution in [1.29, 1.82) is 0 Å². The first-order chi connectivity index (χ1) is 10.1. The Hall–Kier alpha value is -1.66. The summed E-state index contributed by atoms with van der Waals surface area (Å²) in [6.07, 6.45) is 4.93. The number of aryl methyl sites for hydroxylation is 1. The molecule has 5 nitrogen and oxygen atoms in total. The predicted molar refractivity (Wildman–Crippen MR) is 83.6 cm³/mol. The minimum atomic E-state index is -3.25. The van der Waals surface area contributed by atoms with Crippen LogP contribution in [0.5, 0.6) is 0 Å². The molecule has 0 aliphatic rings. The SMILES string of the molecule is CC(CS(=O)(=O)NCCCc1ncc[nH]1)c1ccccc1. The van der Waals surface area contributed by atoms with Crippen molar-refractivity contribution in [2.24, 2.45) is 0 Å². The summed E-state index contributed by atoms with van der Waals surface area (Å²) in [7, 11) is -3.25. The number of imidazole rings is 1. The third-order valence-corrected chi connectivity index (χ3v) is 4.89. The fourth-order valence-corrected chi connectivity index (χ4v) is 3.61. The lowest BCUT2D eigenvalue weighted by Gasteiger charge is -2.13. The Bertz CT molecular complexity index is 624. The van der Waals surface area contributed by atoms with Gasteiger partial charge in [0.2, 0.25) is 10.0 Å². The smallest absolute Gasteiger partial charge is 0.212 e. The minimum Gasteiger partial charge on any atom is -0.349 e. The van der Waals surface area contributed by atoms with E-state index in [1.165, 1.54) is 0 Å². The predicted octanol–water partition coefficient (Wildman–Crippen LogP) is 2.07. The van der Waals surface area contributed by atoms with Gasteiger partial charge in [-0.2, -0.15) is 0 Å². The number of hydrogen-bond acceptors (Lipinski definition) is 3. The third kappa shape index (κ3) is 5.32. The van der Waals surface area contributed by atoms with Crippen LogP contribution in [0, 0.1) is 0 Å². The van der Waals surface area contributed by atoms with E-state index in [0.717, 1.165) is 24.2 Å². The number of aromatic amines is 1. The first kappa shape index (κ1) is 15.7. The Balaban J connectivity index is 1.76. The average Bonchev–Trinajstić information content (AvgIpc) is 2.97. The molecule has 2 rings (SSSR count). The standard InChI is InChI=1S/C15H21N3O2S/c1-13(14-6-3-2-4-7-14)12-21(19,20)18-9-5-8-15-16-10-11-17-15/h2-4,6-7,10-11,13,18H,5,8-9,12H2,1H3,(H,16,17). The van der Waals surface area contributed by atoms with Crippen molar-refractivity contribution in [3.05, 3.63) is 54.1 Å². The van der Waals surface area contributed by atoms with E-state index in [2.05, 4.69) is 14.7 Å². The summed E-state index contributed by atoms with van der Waals surface area (Å²) in [5.41, 5.74) is 1.04. The molecule has 0 saturated carbocycles. The number of benzene rings is 1. The van der Waals surface area contributed by atoms with Gasteiger partial charge in [-0.25, -0.2) is 18.1 Å². The fourth-order valence-electron chi connectivity index (χ4n) is 2.18. The highest BCUT2D eigenvalue weighted by Crippen LogP contribution is 2.16. The first-order valence-electron chi connectivity index (χ1n) is 7.07. The van der Waals surface area contributed by atoms with Crippen molar-refractivity contribution in [3.8, 4) is 0 Å². The number of aromatic nitrogens is 2. The molecule has 1 heterocycles. The minimum absolute atomic E-state index is 0.0197. The highest BCUT2D eigenvalue weighted by molar-refractivity contribution is 7.89.